The molecular formula is C27H26BrN5O3. The Balaban J connectivity index is 1.42. The third-order valence-electron chi connectivity index (χ3n) is 6.58. The predicted molar refractivity (Wildman–Crippen MR) is 146 cm³/mol. The van der Waals surface area contributed by atoms with Crippen molar-refractivity contribution in [1.29, 1.82) is 0 Å². The molecule has 1 aliphatic rings. The number of non-ortho nitro benzene ring substituents is 1. The minimum atomic E-state index is -0.423. The Bertz CT molecular complexity index is 1410. The van der Waals surface area contributed by atoms with Gasteiger partial charge in [0.25, 0.3) is 11.6 Å². The van der Waals surface area contributed by atoms with Crippen LogP contribution in [0.2, 0.25) is 0 Å². The van der Waals surface area contributed by atoms with Crippen LogP contribution in [0.25, 0.3) is 10.9 Å². The standard InChI is InChI=1S/C27H26BrN5O3/c1-30-12-14-31(15-13-30)23-8-6-22(7-9-23)29-27(34)26-17-20-16-24(33(35)36)10-11-25(20)32(26)18-19-2-4-21(28)5-3-19/h2-11,16-17H,12-15,18H2,1H3,(H,29,34). The molecule has 2 heterocycles. The Hall–Kier alpha value is -3.69. The van der Waals surface area contributed by atoms with Crippen molar-refractivity contribution in [1.82, 2.24) is 9.47 Å². The van der Waals surface area contributed by atoms with Gasteiger partial charge in [0.2, 0.25) is 0 Å². The van der Waals surface area contributed by atoms with Gasteiger partial charge in [0.15, 0.2) is 0 Å². The van der Waals surface area contributed by atoms with Crippen LogP contribution < -0.4 is 10.2 Å². The Kier molecular flexibility index (Phi) is 6.75. The molecular weight excluding hydrogens is 522 g/mol. The quantitative estimate of drug-likeness (QED) is 0.259. The lowest BCUT2D eigenvalue weighted by Gasteiger charge is -2.34. The lowest BCUT2D eigenvalue weighted by molar-refractivity contribution is -0.384. The van der Waals surface area contributed by atoms with E-state index in [0.717, 1.165) is 47.4 Å². The number of hydrogen-bond donors (Lipinski definition) is 1. The summed E-state index contributed by atoms with van der Waals surface area (Å²) in [5.41, 5.74) is 4.05. The van der Waals surface area contributed by atoms with Gasteiger partial charge in [-0.3, -0.25) is 14.9 Å². The molecule has 184 valence electrons. The maximum absolute atomic E-state index is 13.4. The van der Waals surface area contributed by atoms with Gasteiger partial charge >= 0.3 is 0 Å². The van der Waals surface area contributed by atoms with Crippen LogP contribution in [0.4, 0.5) is 17.1 Å². The molecule has 0 bridgehead atoms. The Morgan fingerprint density at radius 3 is 2.33 bits per heavy atom. The molecule has 0 atom stereocenters. The molecule has 1 fully saturated rings. The summed E-state index contributed by atoms with van der Waals surface area (Å²) in [6.07, 6.45) is 0. The molecule has 0 spiro atoms. The molecule has 4 aromatic rings. The maximum atomic E-state index is 13.4. The van der Waals surface area contributed by atoms with E-state index in [-0.39, 0.29) is 11.6 Å². The molecule has 0 unspecified atom stereocenters. The number of fused-ring (bicyclic) bond motifs is 1. The zero-order valence-corrected chi connectivity index (χ0v) is 21.4. The molecule has 1 N–H and O–H groups in total. The third kappa shape index (κ3) is 5.12. The molecule has 3 aromatic carbocycles. The van der Waals surface area contributed by atoms with E-state index in [2.05, 4.69) is 38.1 Å². The van der Waals surface area contributed by atoms with Gasteiger partial charge in [-0.25, -0.2) is 0 Å². The molecule has 1 amide bonds. The number of carbonyl (C=O) groups is 1. The van der Waals surface area contributed by atoms with Crippen molar-refractivity contribution in [3.05, 3.63) is 98.6 Å². The number of nitrogens with one attached hydrogen (secondary N) is 1. The Morgan fingerprint density at radius 1 is 0.972 bits per heavy atom. The fraction of sp³-hybridized carbons (Fsp3) is 0.222. The maximum Gasteiger partial charge on any atom is 0.272 e. The highest BCUT2D eigenvalue weighted by atomic mass is 79.9. The van der Waals surface area contributed by atoms with Gasteiger partial charge in [0, 0.05) is 71.6 Å². The highest BCUT2D eigenvalue weighted by Gasteiger charge is 2.19. The van der Waals surface area contributed by atoms with Crippen molar-refractivity contribution in [2.24, 2.45) is 0 Å². The van der Waals surface area contributed by atoms with E-state index in [1.165, 1.54) is 12.1 Å². The molecule has 0 saturated carbocycles. The minimum absolute atomic E-state index is 0.00487. The number of benzene rings is 3. The van der Waals surface area contributed by atoms with Gasteiger partial charge < -0.3 is 19.7 Å². The number of nitro groups is 1. The SMILES string of the molecule is CN1CCN(c2ccc(NC(=O)c3cc4cc([N+](=O)[O-])ccc4n3Cc3ccc(Br)cc3)cc2)CC1. The molecule has 1 aliphatic heterocycles. The molecule has 36 heavy (non-hydrogen) atoms. The van der Waals surface area contributed by atoms with Crippen molar-refractivity contribution in [2.75, 3.05) is 43.4 Å². The molecule has 0 radical (unpaired) electrons. The van der Waals surface area contributed by atoms with Crippen LogP contribution in [-0.4, -0.2) is 53.5 Å². The summed E-state index contributed by atoms with van der Waals surface area (Å²) in [4.78, 5) is 28.9. The van der Waals surface area contributed by atoms with Crippen LogP contribution >= 0.6 is 15.9 Å². The lowest BCUT2D eigenvalue weighted by Crippen LogP contribution is -2.44. The zero-order valence-electron chi connectivity index (χ0n) is 19.9. The number of rotatable bonds is 6. The number of piperazine rings is 1. The number of amides is 1. The van der Waals surface area contributed by atoms with Crippen molar-refractivity contribution in [3.63, 3.8) is 0 Å². The van der Waals surface area contributed by atoms with Gasteiger partial charge in [-0.15, -0.1) is 0 Å². The van der Waals surface area contributed by atoms with Crippen molar-refractivity contribution < 1.29 is 9.72 Å². The van der Waals surface area contributed by atoms with Gasteiger partial charge in [-0.05, 0) is 61.1 Å². The number of nitro benzene ring substituents is 1. The average Bonchev–Trinajstić information content (AvgIpc) is 3.24. The monoisotopic (exact) mass is 547 g/mol. The van der Waals surface area contributed by atoms with Crippen LogP contribution in [0, 0.1) is 10.1 Å². The topological polar surface area (TPSA) is 83.7 Å². The van der Waals surface area contributed by atoms with Crippen LogP contribution in [0.1, 0.15) is 16.1 Å². The largest absolute Gasteiger partial charge is 0.369 e. The predicted octanol–water partition coefficient (Wildman–Crippen LogP) is 5.36. The number of halogens is 1. The Morgan fingerprint density at radius 2 is 1.67 bits per heavy atom. The molecule has 9 heteroatoms. The van der Waals surface area contributed by atoms with E-state index in [4.69, 9.17) is 0 Å². The highest BCUT2D eigenvalue weighted by Crippen LogP contribution is 2.27. The van der Waals surface area contributed by atoms with E-state index in [9.17, 15) is 14.9 Å². The zero-order chi connectivity index (χ0) is 25.2. The first kappa shape index (κ1) is 24.0. The van der Waals surface area contributed by atoms with E-state index in [1.54, 1.807) is 12.1 Å². The summed E-state index contributed by atoms with van der Waals surface area (Å²) in [6, 6.07) is 22.2. The van der Waals surface area contributed by atoms with Crippen molar-refractivity contribution in [3.8, 4) is 0 Å². The summed E-state index contributed by atoms with van der Waals surface area (Å²) >= 11 is 3.45. The van der Waals surface area contributed by atoms with Gasteiger partial charge in [-0.2, -0.15) is 0 Å². The molecule has 0 aliphatic carbocycles. The third-order valence-corrected chi connectivity index (χ3v) is 7.10. The molecule has 1 saturated heterocycles. The number of likely N-dealkylation sites (N-methyl/N-ethyl adjacent to an activating group) is 1. The van der Waals surface area contributed by atoms with Crippen LogP contribution in [0.5, 0.6) is 0 Å². The Labute approximate surface area is 217 Å². The average molecular weight is 548 g/mol. The smallest absolute Gasteiger partial charge is 0.272 e. The fourth-order valence-electron chi connectivity index (χ4n) is 4.52. The van der Waals surface area contributed by atoms with Crippen LogP contribution in [0.3, 0.4) is 0 Å². The molecule has 1 aromatic heterocycles. The van der Waals surface area contributed by atoms with Gasteiger partial charge in [0.1, 0.15) is 5.69 Å². The first-order valence-corrected chi connectivity index (χ1v) is 12.5. The van der Waals surface area contributed by atoms with E-state index < -0.39 is 4.92 Å². The van der Waals surface area contributed by atoms with E-state index in [0.29, 0.717) is 23.3 Å². The van der Waals surface area contributed by atoms with E-state index in [1.807, 2.05) is 53.1 Å². The number of hydrogen-bond acceptors (Lipinski definition) is 5. The fourth-order valence-corrected chi connectivity index (χ4v) is 4.78. The minimum Gasteiger partial charge on any atom is -0.369 e. The summed E-state index contributed by atoms with van der Waals surface area (Å²) in [7, 11) is 2.13. The second-order valence-corrected chi connectivity index (χ2v) is 9.95. The number of anilines is 2. The lowest BCUT2D eigenvalue weighted by atomic mass is 10.2. The van der Waals surface area contributed by atoms with Gasteiger partial charge in [-0.1, -0.05) is 28.1 Å². The number of aromatic nitrogens is 1. The first-order chi connectivity index (χ1) is 17.4. The van der Waals surface area contributed by atoms with Crippen molar-refractivity contribution >= 4 is 49.8 Å². The summed E-state index contributed by atoms with van der Waals surface area (Å²) in [5.74, 6) is -0.265. The normalized spacial score (nSPS) is 14.2. The van der Waals surface area contributed by atoms with E-state index >= 15 is 0 Å². The second kappa shape index (κ2) is 10.1. The summed E-state index contributed by atoms with van der Waals surface area (Å²) in [5, 5.41) is 15.0. The number of carbonyl (C=O) groups excluding carboxylic acids is 1. The van der Waals surface area contributed by atoms with Crippen molar-refractivity contribution in [2.45, 2.75) is 6.54 Å². The molecule has 8 nitrogen and oxygen atoms in total. The number of nitrogens with zero attached hydrogens (tertiary/aromatic N) is 4. The first-order valence-electron chi connectivity index (χ1n) is 11.7. The van der Waals surface area contributed by atoms with Crippen LogP contribution in [0.15, 0.2) is 77.3 Å². The van der Waals surface area contributed by atoms with Gasteiger partial charge in [0.05, 0.1) is 4.92 Å². The summed E-state index contributed by atoms with van der Waals surface area (Å²) < 4.78 is 2.87. The summed E-state index contributed by atoms with van der Waals surface area (Å²) in [6.45, 7) is 4.47. The molecule has 5 rings (SSSR count). The second-order valence-electron chi connectivity index (χ2n) is 9.03. The highest BCUT2D eigenvalue weighted by molar-refractivity contribution is 9.10. The van der Waals surface area contributed by atoms with Crippen LogP contribution in [-0.2, 0) is 6.54 Å².